The SMILES string of the molecule is CC1(C)COC([C@]2(C)N(c3ccccc3)[C@@]2(C)c2ccccc2)=N1. The predicted octanol–water partition coefficient (Wildman–Crippen LogP) is 4.39. The summed E-state index contributed by atoms with van der Waals surface area (Å²) in [5.74, 6) is 0.850. The number of benzene rings is 2. The van der Waals surface area contributed by atoms with Crippen LogP contribution in [0.3, 0.4) is 0 Å². The van der Waals surface area contributed by atoms with Gasteiger partial charge in [0.1, 0.15) is 12.1 Å². The zero-order valence-corrected chi connectivity index (χ0v) is 14.8. The maximum Gasteiger partial charge on any atom is 0.213 e. The quantitative estimate of drug-likeness (QED) is 0.784. The summed E-state index contributed by atoms with van der Waals surface area (Å²) in [6.45, 7) is 9.42. The Morgan fingerprint density at radius 3 is 1.96 bits per heavy atom. The van der Waals surface area contributed by atoms with Crippen LogP contribution in [0, 0.1) is 0 Å². The van der Waals surface area contributed by atoms with Gasteiger partial charge in [-0.2, -0.15) is 0 Å². The topological polar surface area (TPSA) is 24.6 Å². The molecule has 4 rings (SSSR count). The molecule has 0 aromatic heterocycles. The highest BCUT2D eigenvalue weighted by Crippen LogP contribution is 2.62. The summed E-state index contributed by atoms with van der Waals surface area (Å²) in [5, 5.41) is 0. The number of rotatable bonds is 3. The van der Waals surface area contributed by atoms with Gasteiger partial charge in [0, 0.05) is 5.69 Å². The number of hydrogen-bond donors (Lipinski definition) is 0. The molecular weight excluding hydrogens is 296 g/mol. The van der Waals surface area contributed by atoms with Crippen molar-refractivity contribution in [3.63, 3.8) is 0 Å². The molecule has 0 N–H and O–H groups in total. The fourth-order valence-corrected chi connectivity index (χ4v) is 4.02. The minimum atomic E-state index is -0.274. The standard InChI is InChI=1S/C21H24N2O/c1-19(2)15-24-18(22-19)21(4)20(3,16-11-7-5-8-12-16)23(21)17-13-9-6-10-14-17/h5-14H,15H2,1-4H3/t20-,21-,23?/m0/s1. The van der Waals surface area contributed by atoms with Gasteiger partial charge in [0.15, 0.2) is 0 Å². The average molecular weight is 320 g/mol. The molecule has 0 aliphatic carbocycles. The molecule has 2 atom stereocenters. The predicted molar refractivity (Wildman–Crippen MR) is 98.6 cm³/mol. The smallest absolute Gasteiger partial charge is 0.213 e. The van der Waals surface area contributed by atoms with Gasteiger partial charge in [-0.1, -0.05) is 48.5 Å². The summed E-state index contributed by atoms with van der Waals surface area (Å²) in [7, 11) is 0. The third-order valence-corrected chi connectivity index (χ3v) is 5.53. The van der Waals surface area contributed by atoms with Crippen molar-refractivity contribution in [2.45, 2.75) is 44.3 Å². The van der Waals surface area contributed by atoms with E-state index in [9.17, 15) is 0 Å². The number of ether oxygens (including phenoxy) is 1. The Balaban J connectivity index is 1.85. The lowest BCUT2D eigenvalue weighted by Crippen LogP contribution is -2.29. The van der Waals surface area contributed by atoms with Gasteiger partial charge in [-0.3, -0.25) is 0 Å². The highest BCUT2D eigenvalue weighted by atomic mass is 16.5. The molecule has 3 heteroatoms. The lowest BCUT2D eigenvalue weighted by atomic mass is 9.88. The van der Waals surface area contributed by atoms with Gasteiger partial charge in [-0.05, 0) is 45.4 Å². The number of nitrogens with zero attached hydrogens (tertiary/aromatic N) is 2. The van der Waals surface area contributed by atoms with Gasteiger partial charge in [0.05, 0.1) is 11.1 Å². The van der Waals surface area contributed by atoms with Gasteiger partial charge >= 0.3 is 0 Å². The summed E-state index contributed by atoms with van der Waals surface area (Å²) in [6, 6.07) is 21.2. The molecule has 0 saturated carbocycles. The summed E-state index contributed by atoms with van der Waals surface area (Å²) in [5.41, 5.74) is 1.88. The summed E-state index contributed by atoms with van der Waals surface area (Å²) in [6.07, 6.45) is 0. The largest absolute Gasteiger partial charge is 0.477 e. The Labute approximate surface area is 144 Å². The molecule has 2 aliphatic heterocycles. The molecule has 0 spiro atoms. The number of aliphatic imine (C=N–C) groups is 1. The van der Waals surface area contributed by atoms with Gasteiger partial charge < -0.3 is 9.64 Å². The monoisotopic (exact) mass is 320 g/mol. The lowest BCUT2D eigenvalue weighted by molar-refractivity contribution is 0.268. The number of hydrogen-bond acceptors (Lipinski definition) is 3. The van der Waals surface area contributed by atoms with E-state index in [0.717, 1.165) is 5.90 Å². The Kier molecular flexibility index (Phi) is 3.08. The van der Waals surface area contributed by atoms with E-state index in [1.54, 1.807) is 0 Å². The number of para-hydroxylation sites is 1. The van der Waals surface area contributed by atoms with Crippen LogP contribution < -0.4 is 4.90 Å². The van der Waals surface area contributed by atoms with Crippen molar-refractivity contribution >= 4 is 11.6 Å². The molecule has 2 aromatic rings. The minimum absolute atomic E-state index is 0.152. The third kappa shape index (κ3) is 1.94. The minimum Gasteiger partial charge on any atom is -0.477 e. The molecule has 1 fully saturated rings. The molecule has 2 aliphatic rings. The van der Waals surface area contributed by atoms with Crippen molar-refractivity contribution in [1.82, 2.24) is 0 Å². The lowest BCUT2D eigenvalue weighted by Gasteiger charge is -2.14. The van der Waals surface area contributed by atoms with Crippen molar-refractivity contribution in [3.8, 4) is 0 Å². The fraction of sp³-hybridized carbons (Fsp3) is 0.381. The van der Waals surface area contributed by atoms with E-state index in [1.165, 1.54) is 11.3 Å². The molecule has 0 amide bonds. The van der Waals surface area contributed by atoms with E-state index in [1.807, 2.05) is 0 Å². The zero-order valence-electron chi connectivity index (χ0n) is 14.8. The fourth-order valence-electron chi connectivity index (χ4n) is 4.02. The normalized spacial score (nSPS) is 30.7. The van der Waals surface area contributed by atoms with Gasteiger partial charge in [-0.15, -0.1) is 0 Å². The van der Waals surface area contributed by atoms with Gasteiger partial charge in [0.25, 0.3) is 0 Å². The zero-order chi connectivity index (χ0) is 17.0. The van der Waals surface area contributed by atoms with Gasteiger partial charge in [0.2, 0.25) is 5.90 Å². The Morgan fingerprint density at radius 1 is 0.833 bits per heavy atom. The molecule has 1 saturated heterocycles. The molecule has 2 aromatic carbocycles. The first kappa shape index (κ1) is 15.3. The Morgan fingerprint density at radius 2 is 1.42 bits per heavy atom. The molecule has 124 valence electrons. The van der Waals surface area contributed by atoms with Crippen molar-refractivity contribution in [2.75, 3.05) is 11.5 Å². The van der Waals surface area contributed by atoms with E-state index >= 15 is 0 Å². The van der Waals surface area contributed by atoms with Crippen LogP contribution in [0.5, 0.6) is 0 Å². The van der Waals surface area contributed by atoms with E-state index in [0.29, 0.717) is 6.61 Å². The van der Waals surface area contributed by atoms with Crippen LogP contribution in [-0.2, 0) is 10.3 Å². The van der Waals surface area contributed by atoms with Crippen LogP contribution in [0.25, 0.3) is 0 Å². The Bertz CT molecular complexity index is 784. The second-order valence-electron chi connectivity index (χ2n) is 7.70. The molecule has 0 unspecified atom stereocenters. The Hall–Kier alpha value is -2.29. The van der Waals surface area contributed by atoms with Crippen LogP contribution in [-0.4, -0.2) is 23.6 Å². The maximum absolute atomic E-state index is 6.07. The van der Waals surface area contributed by atoms with E-state index in [-0.39, 0.29) is 16.6 Å². The van der Waals surface area contributed by atoms with Crippen LogP contribution >= 0.6 is 0 Å². The van der Waals surface area contributed by atoms with Crippen molar-refractivity contribution in [2.24, 2.45) is 4.99 Å². The first-order valence-electron chi connectivity index (χ1n) is 8.54. The molecular formula is C21H24N2O. The van der Waals surface area contributed by atoms with E-state index < -0.39 is 0 Å². The van der Waals surface area contributed by atoms with Crippen LogP contribution in [0.15, 0.2) is 65.7 Å². The summed E-state index contributed by atoms with van der Waals surface area (Å²) in [4.78, 5) is 7.33. The van der Waals surface area contributed by atoms with Crippen LogP contribution in [0.2, 0.25) is 0 Å². The van der Waals surface area contributed by atoms with Crippen molar-refractivity contribution < 1.29 is 4.74 Å². The van der Waals surface area contributed by atoms with E-state index in [4.69, 9.17) is 9.73 Å². The summed E-state index contributed by atoms with van der Waals surface area (Å²) < 4.78 is 6.07. The number of anilines is 1. The maximum atomic E-state index is 6.07. The van der Waals surface area contributed by atoms with E-state index in [2.05, 4.69) is 93.3 Å². The van der Waals surface area contributed by atoms with Crippen molar-refractivity contribution in [1.29, 1.82) is 0 Å². The summed E-state index contributed by atoms with van der Waals surface area (Å²) >= 11 is 0. The molecule has 0 radical (unpaired) electrons. The molecule has 0 bridgehead atoms. The average Bonchev–Trinajstić information content (AvgIpc) is 2.88. The second kappa shape index (κ2) is 4.85. The van der Waals surface area contributed by atoms with Gasteiger partial charge in [-0.25, -0.2) is 4.99 Å². The molecule has 3 nitrogen and oxygen atoms in total. The molecule has 2 heterocycles. The van der Waals surface area contributed by atoms with Crippen molar-refractivity contribution in [3.05, 3.63) is 66.2 Å². The highest BCUT2D eigenvalue weighted by molar-refractivity contribution is 6.00. The van der Waals surface area contributed by atoms with Crippen LogP contribution in [0.4, 0.5) is 5.69 Å². The molecule has 24 heavy (non-hydrogen) atoms. The highest BCUT2D eigenvalue weighted by Gasteiger charge is 2.74. The van der Waals surface area contributed by atoms with Crippen LogP contribution in [0.1, 0.15) is 33.3 Å². The third-order valence-electron chi connectivity index (χ3n) is 5.53. The first-order chi connectivity index (χ1) is 11.4. The second-order valence-corrected chi connectivity index (χ2v) is 7.70. The first-order valence-corrected chi connectivity index (χ1v) is 8.54.